The van der Waals surface area contributed by atoms with Crippen molar-refractivity contribution in [3.05, 3.63) is 84.3 Å². The van der Waals surface area contributed by atoms with Gasteiger partial charge in [0.15, 0.2) is 4.33 Å². The lowest BCUT2D eigenvalue weighted by Crippen LogP contribution is -2.55. The van der Waals surface area contributed by atoms with Crippen molar-refractivity contribution in [2.75, 3.05) is 0 Å². The van der Waals surface area contributed by atoms with Crippen LogP contribution in [0.15, 0.2) is 63.1 Å². The highest BCUT2D eigenvalue weighted by molar-refractivity contribution is 9.10. The molecule has 1 saturated heterocycles. The zero-order chi connectivity index (χ0) is 27.9. The number of allylic oxidation sites excluding steroid dienone is 2. The van der Waals surface area contributed by atoms with Gasteiger partial charge in [-0.25, -0.2) is 5.01 Å². The molecule has 15 heteroatoms. The topological polar surface area (TPSA) is 101 Å². The summed E-state index contributed by atoms with van der Waals surface area (Å²) in [5, 5.41) is 12.5. The summed E-state index contributed by atoms with van der Waals surface area (Å²) in [5.74, 6) is -5.88. The van der Waals surface area contributed by atoms with Crippen LogP contribution in [0.5, 0.6) is 0 Å². The van der Waals surface area contributed by atoms with Gasteiger partial charge >= 0.3 is 0 Å². The molecule has 2 aliphatic carbocycles. The van der Waals surface area contributed by atoms with Gasteiger partial charge in [-0.15, -0.1) is 23.2 Å². The van der Waals surface area contributed by atoms with E-state index < -0.39 is 54.2 Å². The first-order chi connectivity index (χ1) is 17.7. The number of alkyl halides is 4. The number of hydrazine groups is 1. The maximum Gasteiger partial charge on any atom is 0.282 e. The van der Waals surface area contributed by atoms with Crippen LogP contribution < -0.4 is 0 Å². The molecule has 38 heavy (non-hydrogen) atoms. The highest BCUT2D eigenvalue weighted by Gasteiger charge is 2.88. The molecule has 4 atom stereocenters. The van der Waals surface area contributed by atoms with Gasteiger partial charge in [0.2, 0.25) is 0 Å². The first-order valence-corrected chi connectivity index (χ1v) is 13.8. The Balaban J connectivity index is 1.64. The van der Waals surface area contributed by atoms with Crippen molar-refractivity contribution in [3.8, 4) is 0 Å². The van der Waals surface area contributed by atoms with Gasteiger partial charge in [-0.2, -0.15) is 5.01 Å². The van der Waals surface area contributed by atoms with Crippen molar-refractivity contribution in [1.29, 1.82) is 0 Å². The summed E-state index contributed by atoms with van der Waals surface area (Å²) in [6.45, 7) is -0.318. The molecule has 2 bridgehead atoms. The Morgan fingerprint density at radius 3 is 1.95 bits per heavy atom. The highest BCUT2D eigenvalue weighted by atomic mass is 79.9. The smallest absolute Gasteiger partial charge is 0.272 e. The van der Waals surface area contributed by atoms with Crippen LogP contribution >= 0.6 is 85.5 Å². The van der Waals surface area contributed by atoms with Gasteiger partial charge in [0.05, 0.1) is 33.4 Å². The maximum atomic E-state index is 13.9. The number of carbonyl (C=O) groups excluding carboxylic acids is 3. The number of nitro benzene ring substituents is 1. The van der Waals surface area contributed by atoms with Gasteiger partial charge in [0, 0.05) is 10.5 Å². The number of hydrogen-bond donors (Lipinski definition) is 0. The molecule has 8 nitrogen and oxygen atoms in total. The van der Waals surface area contributed by atoms with Crippen molar-refractivity contribution in [2.45, 2.75) is 20.6 Å². The number of rotatable bonds is 5. The monoisotopic (exact) mass is 699 g/mol. The molecule has 0 spiro atoms. The summed E-state index contributed by atoms with van der Waals surface area (Å²) < 4.78 is -1.41. The molecule has 2 fully saturated rings. The molecule has 3 amide bonds. The fourth-order valence-corrected chi connectivity index (χ4v) is 8.36. The second-order valence-corrected chi connectivity index (χ2v) is 13.0. The molecule has 3 aliphatic rings. The molecule has 198 valence electrons. The Hall–Kier alpha value is -1.59. The normalized spacial score (nSPS) is 29.2. The third kappa shape index (κ3) is 3.46. The second-order valence-electron chi connectivity index (χ2n) is 8.83. The molecule has 2 aromatic rings. The minimum Gasteiger partial charge on any atom is -0.272 e. The van der Waals surface area contributed by atoms with Crippen LogP contribution in [0.3, 0.4) is 0 Å². The first kappa shape index (κ1) is 28.0. The van der Waals surface area contributed by atoms with Crippen LogP contribution in [0.4, 0.5) is 5.69 Å². The second kappa shape index (κ2) is 9.23. The van der Waals surface area contributed by atoms with E-state index in [-0.39, 0.29) is 22.2 Å². The minimum atomic E-state index is -2.15. The van der Waals surface area contributed by atoms with Gasteiger partial charge in [0.1, 0.15) is 15.3 Å². The Kier molecular flexibility index (Phi) is 6.79. The van der Waals surface area contributed by atoms with E-state index in [2.05, 4.69) is 15.9 Å². The Labute approximate surface area is 253 Å². The van der Waals surface area contributed by atoms with E-state index in [4.69, 9.17) is 69.6 Å². The maximum absolute atomic E-state index is 13.9. The third-order valence-corrected chi connectivity index (χ3v) is 11.7. The standard InChI is InChI=1S/C23H12BrCl6N3O5/c24-11-7-5-10(6-8-11)9-31(18(34)12-3-1-2-4-13(12)33(37)38)32-19(35)14-15(20(32)36)22(28)17(26)16(25)21(14,27)23(22,29)30/h1-8,14-15H,9H2/t14-,15+,21-,22-/m1/s1. The predicted molar refractivity (Wildman–Crippen MR) is 146 cm³/mol. The van der Waals surface area contributed by atoms with Gasteiger partial charge in [0.25, 0.3) is 23.4 Å². The van der Waals surface area contributed by atoms with E-state index in [1.54, 1.807) is 24.3 Å². The Morgan fingerprint density at radius 2 is 1.45 bits per heavy atom. The van der Waals surface area contributed by atoms with Crippen molar-refractivity contribution >= 4 is 109 Å². The number of carbonyl (C=O) groups is 3. The molecule has 1 saturated carbocycles. The number of fused-ring (bicyclic) bond motifs is 5. The molecule has 1 aliphatic heterocycles. The zero-order valence-corrected chi connectivity index (χ0v) is 24.6. The zero-order valence-electron chi connectivity index (χ0n) is 18.5. The van der Waals surface area contributed by atoms with Gasteiger partial charge in [-0.05, 0) is 23.8 Å². The fraction of sp³-hybridized carbons (Fsp3) is 0.261. The van der Waals surface area contributed by atoms with Crippen LogP contribution in [0.1, 0.15) is 15.9 Å². The highest BCUT2D eigenvalue weighted by Crippen LogP contribution is 2.77. The van der Waals surface area contributed by atoms with Crippen molar-refractivity contribution in [3.63, 3.8) is 0 Å². The molecule has 2 aromatic carbocycles. The van der Waals surface area contributed by atoms with Crippen molar-refractivity contribution in [1.82, 2.24) is 10.0 Å². The average molecular weight is 703 g/mol. The summed E-state index contributed by atoms with van der Waals surface area (Å²) in [5.41, 5.74) is -0.372. The third-order valence-electron chi connectivity index (χ3n) is 6.94. The van der Waals surface area contributed by atoms with Crippen LogP contribution in [0, 0.1) is 22.0 Å². The number of imide groups is 1. The van der Waals surface area contributed by atoms with Crippen molar-refractivity contribution < 1.29 is 19.3 Å². The minimum absolute atomic E-state index is 0.283. The van der Waals surface area contributed by atoms with E-state index in [0.717, 1.165) is 15.5 Å². The van der Waals surface area contributed by atoms with E-state index in [1.165, 1.54) is 18.2 Å². The lowest BCUT2D eigenvalue weighted by Gasteiger charge is -2.37. The number of hydrogen-bond acceptors (Lipinski definition) is 5. The van der Waals surface area contributed by atoms with Gasteiger partial charge < -0.3 is 0 Å². The largest absolute Gasteiger partial charge is 0.282 e. The van der Waals surface area contributed by atoms with E-state index >= 15 is 0 Å². The average Bonchev–Trinajstić information content (AvgIpc) is 3.26. The van der Waals surface area contributed by atoms with Crippen LogP contribution in [0.2, 0.25) is 0 Å². The molecular formula is C23H12BrCl6N3O5. The van der Waals surface area contributed by atoms with Crippen LogP contribution in [-0.2, 0) is 16.1 Å². The summed E-state index contributed by atoms with van der Waals surface area (Å²) in [6.07, 6.45) is 0. The summed E-state index contributed by atoms with van der Waals surface area (Å²) in [6, 6.07) is 11.8. The van der Waals surface area contributed by atoms with Gasteiger partial charge in [-0.1, -0.05) is 86.6 Å². The number of nitrogens with zero attached hydrogens (tertiary/aromatic N) is 3. The fourth-order valence-electron chi connectivity index (χ4n) is 5.17. The van der Waals surface area contributed by atoms with Crippen LogP contribution in [0.25, 0.3) is 0 Å². The molecular weight excluding hydrogens is 691 g/mol. The van der Waals surface area contributed by atoms with Crippen molar-refractivity contribution in [2.24, 2.45) is 11.8 Å². The summed E-state index contributed by atoms with van der Waals surface area (Å²) in [4.78, 5) is 48.4. The number of amides is 3. The number of halogens is 7. The summed E-state index contributed by atoms with van der Waals surface area (Å²) in [7, 11) is 0. The molecule has 5 rings (SSSR count). The first-order valence-electron chi connectivity index (χ1n) is 10.7. The van der Waals surface area contributed by atoms with E-state index in [1.807, 2.05) is 0 Å². The SMILES string of the molecule is O=C(c1ccccc1[N+](=O)[O-])N(Cc1ccc(Br)cc1)N1C(=O)[C@@H]2[C@H](C1=O)[C@@]1(Cl)C(Cl)=C(Cl)[C@@]2(Cl)C1(Cl)Cl. The predicted octanol–water partition coefficient (Wildman–Crippen LogP) is 6.36. The van der Waals surface area contributed by atoms with Crippen LogP contribution in [-0.4, -0.2) is 46.7 Å². The molecule has 0 aromatic heterocycles. The number of benzene rings is 2. The van der Waals surface area contributed by atoms with E-state index in [9.17, 15) is 24.5 Å². The lowest BCUT2D eigenvalue weighted by molar-refractivity contribution is -0.385. The summed E-state index contributed by atoms with van der Waals surface area (Å²) >= 11 is 42.6. The lowest BCUT2D eigenvalue weighted by atomic mass is 9.84. The molecule has 0 radical (unpaired) electrons. The Morgan fingerprint density at radius 1 is 0.947 bits per heavy atom. The molecule has 0 N–H and O–H groups in total. The number of para-hydroxylation sites is 1. The van der Waals surface area contributed by atoms with E-state index in [0.29, 0.717) is 10.6 Å². The molecule has 1 heterocycles. The number of nitro groups is 1. The van der Waals surface area contributed by atoms with Gasteiger partial charge in [-0.3, -0.25) is 24.5 Å². The quantitative estimate of drug-likeness (QED) is 0.156. The molecule has 0 unspecified atom stereocenters. The Bertz CT molecular complexity index is 1420.